The van der Waals surface area contributed by atoms with E-state index in [2.05, 4.69) is 0 Å². The Morgan fingerprint density at radius 3 is 2.94 bits per heavy atom. The molecule has 1 aromatic carbocycles. The van der Waals surface area contributed by atoms with Gasteiger partial charge in [-0.1, -0.05) is 0 Å². The molecule has 1 aliphatic heterocycles. The average Bonchev–Trinajstić information content (AvgIpc) is 2.76. The summed E-state index contributed by atoms with van der Waals surface area (Å²) in [4.78, 5) is 14.4. The van der Waals surface area contributed by atoms with Crippen molar-refractivity contribution in [2.45, 2.75) is 0 Å². The average molecular weight is 296 g/mol. The molecule has 0 aliphatic carbocycles. The molecule has 1 aromatic rings. The number of hydrogen-bond acceptors (Lipinski definition) is 4. The zero-order valence-electron chi connectivity index (χ0n) is 8.54. The predicted molar refractivity (Wildman–Crippen MR) is 59.5 cm³/mol. The second-order valence-electron chi connectivity index (χ2n) is 3.11. The van der Waals surface area contributed by atoms with Crippen LogP contribution in [0, 0.1) is 10.2 Å². The second-order valence-corrected chi connectivity index (χ2v) is 4.49. The number of carboxylic acids is 1. The normalized spacial score (nSPS) is 13.2. The number of hydrogen-bond donors (Lipinski definition) is 1. The molecule has 0 radical (unpaired) electrons. The van der Waals surface area contributed by atoms with E-state index in [1.54, 1.807) is 18.2 Å². The van der Waals surface area contributed by atoms with Crippen molar-refractivity contribution in [3.8, 4) is 16.5 Å². The first-order valence-electron chi connectivity index (χ1n) is 4.60. The maximum absolute atomic E-state index is 11.1. The number of fused-ring (bicyclic) bond motifs is 1. The molecule has 0 saturated carbocycles. The van der Waals surface area contributed by atoms with Crippen molar-refractivity contribution in [2.24, 2.45) is 0 Å². The van der Waals surface area contributed by atoms with Crippen molar-refractivity contribution < 1.29 is 19.4 Å². The summed E-state index contributed by atoms with van der Waals surface area (Å²) in [5.74, 6) is 0.0735. The Labute approximate surface area is 103 Å². The molecule has 0 spiro atoms. The number of benzene rings is 1. The van der Waals surface area contributed by atoms with Crippen molar-refractivity contribution in [3.63, 3.8) is 0 Å². The van der Waals surface area contributed by atoms with E-state index >= 15 is 0 Å². The van der Waals surface area contributed by atoms with E-state index in [1.165, 1.54) is 4.97 Å². The predicted octanol–water partition coefficient (Wildman–Crippen LogP) is 1.03. The van der Waals surface area contributed by atoms with Crippen molar-refractivity contribution in [1.82, 2.24) is 0 Å². The summed E-state index contributed by atoms with van der Waals surface area (Å²) >= 11 is -0.482. The van der Waals surface area contributed by atoms with Crippen LogP contribution in [-0.2, 0) is 4.79 Å². The van der Waals surface area contributed by atoms with Gasteiger partial charge < -0.3 is 0 Å². The molecule has 0 amide bonds. The summed E-state index contributed by atoms with van der Waals surface area (Å²) in [6.07, 6.45) is 0. The second kappa shape index (κ2) is 4.91. The molecule has 1 N–H and O–H groups in total. The molecule has 6 heteroatoms. The molecule has 1 aliphatic rings. The topological polar surface area (TPSA) is 79.6 Å². The monoisotopic (exact) mass is 297 g/mol. The molecule has 86 valence electrons. The zero-order valence-corrected chi connectivity index (χ0v) is 10.3. The van der Waals surface area contributed by atoms with Gasteiger partial charge in [0.15, 0.2) is 0 Å². The van der Waals surface area contributed by atoms with Crippen molar-refractivity contribution >= 4 is 26.5 Å². The molecule has 0 unspecified atom stereocenters. The molecular formula is C11H7NO4Se. The number of nitriles is 1. The van der Waals surface area contributed by atoms with E-state index in [4.69, 9.17) is 19.8 Å². The number of carboxylic acid groups (broad SMARTS) is 1. The van der Waals surface area contributed by atoms with Crippen LogP contribution in [-0.4, -0.2) is 32.8 Å². The molecule has 0 bridgehead atoms. The van der Waals surface area contributed by atoms with E-state index in [0.29, 0.717) is 17.1 Å². The van der Waals surface area contributed by atoms with Gasteiger partial charge in [0.25, 0.3) is 0 Å². The van der Waals surface area contributed by atoms with E-state index in [1.807, 2.05) is 4.97 Å². The van der Waals surface area contributed by atoms with Crippen molar-refractivity contribution in [3.05, 3.63) is 28.7 Å². The number of aliphatic carboxylic acids is 1. The van der Waals surface area contributed by atoms with E-state index < -0.39 is 20.9 Å². The Balaban J connectivity index is 2.38. The van der Waals surface area contributed by atoms with Crippen LogP contribution in [0.15, 0.2) is 23.2 Å². The first kappa shape index (κ1) is 11.5. The van der Waals surface area contributed by atoms with Crippen LogP contribution >= 0.6 is 0 Å². The fourth-order valence-corrected chi connectivity index (χ4v) is 2.25. The van der Waals surface area contributed by atoms with Gasteiger partial charge in [0.05, 0.1) is 0 Å². The third-order valence-corrected chi connectivity index (χ3v) is 3.11. The number of rotatable bonds is 3. The molecule has 0 saturated heterocycles. The van der Waals surface area contributed by atoms with Crippen LogP contribution < -0.4 is 9.47 Å². The first-order valence-corrected chi connectivity index (χ1v) is 6.45. The molecular weight excluding hydrogens is 289 g/mol. The van der Waals surface area contributed by atoms with Gasteiger partial charge in [-0.05, 0) is 0 Å². The molecule has 5 nitrogen and oxygen atoms in total. The van der Waals surface area contributed by atoms with Crippen LogP contribution in [0.3, 0.4) is 0 Å². The summed E-state index contributed by atoms with van der Waals surface area (Å²) in [6, 6.07) is 4.91. The molecule has 17 heavy (non-hydrogen) atoms. The minimum absolute atomic E-state index is 0.116. The molecule has 2 rings (SSSR count). The van der Waals surface area contributed by atoms with Crippen LogP contribution in [0.1, 0.15) is 5.56 Å². The number of ether oxygens (including phenoxy) is 2. The standard InChI is InChI=1S/C11H7NO4Se/c12-5-17-4-8(11(13)14)7-1-2-9-10(3-7)16-6-15-9/h1-4H,6H2,(H,13,14)/b8-4-. The first-order chi connectivity index (χ1) is 8.22. The Bertz CT molecular complexity index is 533. The quantitative estimate of drug-likeness (QED) is 0.665. The third-order valence-electron chi connectivity index (χ3n) is 2.14. The summed E-state index contributed by atoms with van der Waals surface area (Å²) in [7, 11) is 0. The fraction of sp³-hybridized carbons (Fsp3) is 0.0909. The van der Waals surface area contributed by atoms with Crippen LogP contribution in [0.5, 0.6) is 11.5 Å². The van der Waals surface area contributed by atoms with Gasteiger partial charge in [0.1, 0.15) is 0 Å². The van der Waals surface area contributed by atoms with E-state index in [0.717, 1.165) is 0 Å². The Hall–Kier alpha value is -1.96. The van der Waals surface area contributed by atoms with Gasteiger partial charge in [-0.3, -0.25) is 0 Å². The third kappa shape index (κ3) is 2.41. The van der Waals surface area contributed by atoms with Crippen LogP contribution in [0.2, 0.25) is 0 Å². The van der Waals surface area contributed by atoms with Gasteiger partial charge >= 0.3 is 103 Å². The summed E-state index contributed by atoms with van der Waals surface area (Å²) in [5.41, 5.74) is 0.628. The van der Waals surface area contributed by atoms with Gasteiger partial charge in [-0.25, -0.2) is 0 Å². The Kier molecular flexibility index (Phi) is 3.33. The Morgan fingerprint density at radius 2 is 2.24 bits per heavy atom. The van der Waals surface area contributed by atoms with Gasteiger partial charge in [-0.2, -0.15) is 0 Å². The van der Waals surface area contributed by atoms with Gasteiger partial charge in [0.2, 0.25) is 0 Å². The summed E-state index contributed by atoms with van der Waals surface area (Å²) in [6.45, 7) is 0.146. The number of carbonyl (C=O) groups is 1. The van der Waals surface area contributed by atoms with Crippen molar-refractivity contribution in [2.75, 3.05) is 6.79 Å². The molecule has 0 aromatic heterocycles. The van der Waals surface area contributed by atoms with Crippen molar-refractivity contribution in [1.29, 1.82) is 5.26 Å². The van der Waals surface area contributed by atoms with Gasteiger partial charge in [0, 0.05) is 0 Å². The maximum atomic E-state index is 11.1. The SMILES string of the molecule is N#C[Se]/C=C(\C(=O)O)c1ccc2c(c1)OCO2. The van der Waals surface area contributed by atoms with E-state index in [9.17, 15) is 4.79 Å². The molecule has 0 atom stereocenters. The molecule has 1 heterocycles. The molecule has 0 fully saturated rings. The van der Waals surface area contributed by atoms with Gasteiger partial charge in [-0.15, -0.1) is 0 Å². The summed E-state index contributed by atoms with van der Waals surface area (Å²) < 4.78 is 10.3. The van der Waals surface area contributed by atoms with Crippen LogP contribution in [0.4, 0.5) is 0 Å². The minimum atomic E-state index is -1.05. The van der Waals surface area contributed by atoms with E-state index in [-0.39, 0.29) is 12.4 Å². The number of nitrogens with zero attached hydrogens (tertiary/aromatic N) is 1. The fourth-order valence-electron chi connectivity index (χ4n) is 1.39. The Morgan fingerprint density at radius 1 is 1.47 bits per heavy atom. The summed E-state index contributed by atoms with van der Waals surface area (Å²) in [5, 5.41) is 17.6. The zero-order chi connectivity index (χ0) is 12.3. The van der Waals surface area contributed by atoms with Crippen LogP contribution in [0.25, 0.3) is 5.57 Å².